The first-order chi connectivity index (χ1) is 4.77. The maximum absolute atomic E-state index is 8.57. The largest absolute Gasteiger partial charge is 0.495 e. The van der Waals surface area contributed by atoms with E-state index in [-0.39, 0.29) is 12.2 Å². The lowest BCUT2D eigenvalue weighted by atomic mass is 9.98. The monoisotopic (exact) mass is 142 g/mol. The molecule has 0 saturated carbocycles. The van der Waals surface area contributed by atoms with Gasteiger partial charge in [-0.2, -0.15) is 0 Å². The highest BCUT2D eigenvalue weighted by Crippen LogP contribution is 2.27. The highest BCUT2D eigenvalue weighted by molar-refractivity contribution is 4.94. The van der Waals surface area contributed by atoms with Crippen LogP contribution in [0.15, 0.2) is 12.3 Å². The van der Waals surface area contributed by atoms with Crippen molar-refractivity contribution in [3.63, 3.8) is 0 Å². The summed E-state index contributed by atoms with van der Waals surface area (Å²) in [6.45, 7) is 2.33. The fourth-order valence-electron chi connectivity index (χ4n) is 1.17. The second-order valence-corrected chi connectivity index (χ2v) is 2.97. The van der Waals surface area contributed by atoms with Gasteiger partial charge in [-0.3, -0.25) is 0 Å². The molecule has 2 nitrogen and oxygen atoms in total. The highest BCUT2D eigenvalue weighted by Gasteiger charge is 2.25. The number of aliphatic hydroxyl groups is 1. The summed E-state index contributed by atoms with van der Waals surface area (Å²) in [6.07, 6.45) is 6.52. The molecule has 0 amide bonds. The van der Waals surface area contributed by atoms with Gasteiger partial charge in [0.2, 0.25) is 0 Å². The zero-order valence-corrected chi connectivity index (χ0v) is 6.34. The van der Waals surface area contributed by atoms with Crippen molar-refractivity contribution in [3.05, 3.63) is 12.3 Å². The molecule has 0 aromatic carbocycles. The molecule has 58 valence electrons. The smallest absolute Gasteiger partial charge is 0.109 e. The zero-order chi connectivity index (χ0) is 7.45. The van der Waals surface area contributed by atoms with Crippen molar-refractivity contribution in [3.8, 4) is 0 Å². The first-order valence-electron chi connectivity index (χ1n) is 3.70. The zero-order valence-electron chi connectivity index (χ0n) is 6.34. The molecule has 0 aromatic heterocycles. The van der Waals surface area contributed by atoms with Crippen LogP contribution in [-0.2, 0) is 4.74 Å². The van der Waals surface area contributed by atoms with Crippen LogP contribution in [0.5, 0.6) is 0 Å². The molecule has 1 N–H and O–H groups in total. The topological polar surface area (TPSA) is 29.5 Å². The quantitative estimate of drug-likeness (QED) is 0.646. The SMILES string of the molecule is CC1(CCCO)CC=CO1. The van der Waals surface area contributed by atoms with Crippen LogP contribution in [0.25, 0.3) is 0 Å². The summed E-state index contributed by atoms with van der Waals surface area (Å²) < 4.78 is 5.35. The van der Waals surface area contributed by atoms with Crippen molar-refractivity contribution >= 4 is 0 Å². The molecule has 1 aliphatic rings. The molecule has 2 heteroatoms. The van der Waals surface area contributed by atoms with Crippen molar-refractivity contribution in [1.29, 1.82) is 0 Å². The van der Waals surface area contributed by atoms with Gasteiger partial charge in [-0.05, 0) is 25.8 Å². The van der Waals surface area contributed by atoms with Crippen LogP contribution in [0.3, 0.4) is 0 Å². The van der Waals surface area contributed by atoms with Crippen molar-refractivity contribution in [2.45, 2.75) is 31.8 Å². The van der Waals surface area contributed by atoms with Crippen LogP contribution in [0.2, 0.25) is 0 Å². The minimum absolute atomic E-state index is 0.0251. The van der Waals surface area contributed by atoms with Gasteiger partial charge in [0.1, 0.15) is 5.60 Å². The third-order valence-electron chi connectivity index (χ3n) is 1.86. The molecule has 1 heterocycles. The van der Waals surface area contributed by atoms with E-state index >= 15 is 0 Å². The summed E-state index contributed by atoms with van der Waals surface area (Å²) in [5.74, 6) is 0. The summed E-state index contributed by atoms with van der Waals surface area (Å²) in [5, 5.41) is 8.57. The Kier molecular flexibility index (Phi) is 2.33. The Bertz CT molecular complexity index is 121. The van der Waals surface area contributed by atoms with E-state index < -0.39 is 0 Å². The van der Waals surface area contributed by atoms with E-state index in [0.717, 1.165) is 19.3 Å². The van der Waals surface area contributed by atoms with Crippen molar-refractivity contribution in [2.24, 2.45) is 0 Å². The van der Waals surface area contributed by atoms with E-state index in [1.165, 1.54) is 0 Å². The molecular weight excluding hydrogens is 128 g/mol. The first kappa shape index (κ1) is 7.61. The fraction of sp³-hybridized carbons (Fsp3) is 0.750. The number of aliphatic hydroxyl groups excluding tert-OH is 1. The lowest BCUT2D eigenvalue weighted by Gasteiger charge is -2.22. The summed E-state index contributed by atoms with van der Waals surface area (Å²) in [7, 11) is 0. The van der Waals surface area contributed by atoms with Gasteiger partial charge >= 0.3 is 0 Å². The van der Waals surface area contributed by atoms with Crippen LogP contribution < -0.4 is 0 Å². The van der Waals surface area contributed by atoms with Gasteiger partial charge in [-0.1, -0.05) is 0 Å². The third-order valence-corrected chi connectivity index (χ3v) is 1.86. The van der Waals surface area contributed by atoms with Crippen LogP contribution in [0.1, 0.15) is 26.2 Å². The molecule has 0 aromatic rings. The predicted molar refractivity (Wildman–Crippen MR) is 39.6 cm³/mol. The Hall–Kier alpha value is -0.500. The Morgan fingerprint density at radius 1 is 1.70 bits per heavy atom. The summed E-state index contributed by atoms with van der Waals surface area (Å²) in [6, 6.07) is 0. The summed E-state index contributed by atoms with van der Waals surface area (Å²) in [5.41, 5.74) is -0.0251. The molecule has 1 aliphatic heterocycles. The average molecular weight is 142 g/mol. The summed E-state index contributed by atoms with van der Waals surface area (Å²) >= 11 is 0. The first-order valence-corrected chi connectivity index (χ1v) is 3.70. The Morgan fingerprint density at radius 2 is 2.50 bits per heavy atom. The van der Waals surface area contributed by atoms with Gasteiger partial charge in [0.05, 0.1) is 6.26 Å². The molecule has 10 heavy (non-hydrogen) atoms. The minimum atomic E-state index is -0.0251. The van der Waals surface area contributed by atoms with Crippen LogP contribution >= 0.6 is 0 Å². The fourth-order valence-corrected chi connectivity index (χ4v) is 1.17. The molecule has 0 spiro atoms. The van der Waals surface area contributed by atoms with Crippen LogP contribution in [0, 0.1) is 0 Å². The normalized spacial score (nSPS) is 30.6. The van der Waals surface area contributed by atoms with E-state index in [1.807, 2.05) is 6.08 Å². The lowest BCUT2D eigenvalue weighted by molar-refractivity contribution is 0.0477. The van der Waals surface area contributed by atoms with Gasteiger partial charge in [-0.15, -0.1) is 0 Å². The Morgan fingerprint density at radius 3 is 3.00 bits per heavy atom. The highest BCUT2D eigenvalue weighted by atomic mass is 16.5. The number of hydrogen-bond acceptors (Lipinski definition) is 2. The molecule has 0 radical (unpaired) electrons. The molecule has 0 bridgehead atoms. The molecule has 0 aliphatic carbocycles. The second kappa shape index (κ2) is 3.06. The minimum Gasteiger partial charge on any atom is -0.495 e. The third kappa shape index (κ3) is 1.74. The lowest BCUT2D eigenvalue weighted by Crippen LogP contribution is -2.22. The van der Waals surface area contributed by atoms with Gasteiger partial charge in [0.15, 0.2) is 0 Å². The summed E-state index contributed by atoms with van der Waals surface area (Å²) in [4.78, 5) is 0. The van der Waals surface area contributed by atoms with Crippen molar-refractivity contribution in [1.82, 2.24) is 0 Å². The number of ether oxygens (including phenoxy) is 1. The molecule has 0 saturated heterocycles. The molecule has 1 atom stereocenters. The van der Waals surface area contributed by atoms with Gasteiger partial charge in [0, 0.05) is 13.0 Å². The van der Waals surface area contributed by atoms with Gasteiger partial charge in [-0.25, -0.2) is 0 Å². The van der Waals surface area contributed by atoms with E-state index in [4.69, 9.17) is 9.84 Å². The van der Waals surface area contributed by atoms with Crippen molar-refractivity contribution in [2.75, 3.05) is 6.61 Å². The molecule has 0 fully saturated rings. The molecule has 1 rings (SSSR count). The maximum Gasteiger partial charge on any atom is 0.109 e. The van der Waals surface area contributed by atoms with Gasteiger partial charge < -0.3 is 9.84 Å². The standard InChI is InChI=1S/C8H14O2/c1-8(4-2-6-9)5-3-7-10-8/h3,7,9H,2,4-6H2,1H3. The van der Waals surface area contributed by atoms with E-state index in [9.17, 15) is 0 Å². The van der Waals surface area contributed by atoms with E-state index in [1.54, 1.807) is 6.26 Å². The second-order valence-electron chi connectivity index (χ2n) is 2.97. The molecule has 1 unspecified atom stereocenters. The van der Waals surface area contributed by atoms with Crippen molar-refractivity contribution < 1.29 is 9.84 Å². The van der Waals surface area contributed by atoms with E-state index in [0.29, 0.717) is 0 Å². The maximum atomic E-state index is 8.57. The molecular formula is C8H14O2. The predicted octanol–water partition coefficient (Wildman–Crippen LogP) is 1.45. The van der Waals surface area contributed by atoms with E-state index in [2.05, 4.69) is 6.92 Å². The number of rotatable bonds is 3. The average Bonchev–Trinajstić information content (AvgIpc) is 2.33. The van der Waals surface area contributed by atoms with Gasteiger partial charge in [0.25, 0.3) is 0 Å². The van der Waals surface area contributed by atoms with Crippen LogP contribution in [-0.4, -0.2) is 17.3 Å². The number of hydrogen-bond donors (Lipinski definition) is 1. The Labute approximate surface area is 61.5 Å². The van der Waals surface area contributed by atoms with Crippen LogP contribution in [0.4, 0.5) is 0 Å². The Balaban J connectivity index is 2.24.